The van der Waals surface area contributed by atoms with Crippen LogP contribution in [-0.2, 0) is 11.2 Å². The number of cyclic esters (lactones) is 1. The molecule has 20 heavy (non-hydrogen) atoms. The molecule has 0 aromatic heterocycles. The van der Waals surface area contributed by atoms with E-state index < -0.39 is 0 Å². The molecule has 1 aliphatic rings. The zero-order valence-electron chi connectivity index (χ0n) is 11.0. The van der Waals surface area contributed by atoms with Crippen molar-refractivity contribution in [2.45, 2.75) is 12.5 Å². The van der Waals surface area contributed by atoms with Gasteiger partial charge in [-0.05, 0) is 29.3 Å². The molecule has 4 nitrogen and oxygen atoms in total. The second kappa shape index (κ2) is 4.89. The summed E-state index contributed by atoms with van der Waals surface area (Å²) in [5.74, 6) is 0.125. The molecule has 2 aromatic rings. The van der Waals surface area contributed by atoms with Crippen molar-refractivity contribution in [1.82, 2.24) is 0 Å². The van der Waals surface area contributed by atoms with Crippen molar-refractivity contribution in [3.05, 3.63) is 59.2 Å². The van der Waals surface area contributed by atoms with Gasteiger partial charge >= 0.3 is 5.97 Å². The van der Waals surface area contributed by atoms with Crippen LogP contribution in [0.2, 0.25) is 0 Å². The van der Waals surface area contributed by atoms with E-state index in [-0.39, 0.29) is 17.8 Å². The molecule has 1 unspecified atom stereocenters. The Hall–Kier alpha value is -2.49. The predicted molar refractivity (Wildman–Crippen MR) is 73.0 cm³/mol. The predicted octanol–water partition coefficient (Wildman–Crippen LogP) is 2.86. The van der Waals surface area contributed by atoms with E-state index in [1.54, 1.807) is 24.3 Å². The molecule has 0 saturated carbocycles. The summed E-state index contributed by atoms with van der Waals surface area (Å²) >= 11 is 0. The number of esters is 1. The fourth-order valence-corrected chi connectivity index (χ4v) is 2.41. The van der Waals surface area contributed by atoms with Gasteiger partial charge in [0.15, 0.2) is 11.5 Å². The van der Waals surface area contributed by atoms with Crippen molar-refractivity contribution >= 4 is 5.97 Å². The molecule has 3 rings (SSSR count). The van der Waals surface area contributed by atoms with Crippen LogP contribution in [0, 0.1) is 0 Å². The molecule has 1 heterocycles. The monoisotopic (exact) mass is 270 g/mol. The number of phenolic OH excluding ortho intramolecular Hbond substituents is 1. The summed E-state index contributed by atoms with van der Waals surface area (Å²) in [5, 5.41) is 9.61. The van der Waals surface area contributed by atoms with E-state index in [4.69, 9.17) is 9.47 Å². The molecule has 0 saturated heterocycles. The standard InChI is InChI=1S/C16H14O4/c1-19-15-9-11(6-7-13(15)17)14-8-10-4-2-3-5-12(10)16(18)20-14/h2-7,9,14,17H,8H2,1H3. The average Bonchev–Trinajstić information content (AvgIpc) is 2.47. The molecule has 1 atom stereocenters. The van der Waals surface area contributed by atoms with Crippen LogP contribution in [0.5, 0.6) is 11.5 Å². The summed E-state index contributed by atoms with van der Waals surface area (Å²) < 4.78 is 10.5. The molecule has 4 heteroatoms. The van der Waals surface area contributed by atoms with Gasteiger partial charge in [-0.1, -0.05) is 24.3 Å². The van der Waals surface area contributed by atoms with Gasteiger partial charge in [0.25, 0.3) is 0 Å². The zero-order chi connectivity index (χ0) is 14.1. The molecule has 1 aliphatic heterocycles. The highest BCUT2D eigenvalue weighted by atomic mass is 16.5. The highest BCUT2D eigenvalue weighted by Crippen LogP contribution is 2.34. The van der Waals surface area contributed by atoms with Gasteiger partial charge in [-0.3, -0.25) is 0 Å². The van der Waals surface area contributed by atoms with Crippen LogP contribution >= 0.6 is 0 Å². The van der Waals surface area contributed by atoms with Gasteiger partial charge in [-0.25, -0.2) is 4.79 Å². The van der Waals surface area contributed by atoms with Crippen molar-refractivity contribution < 1.29 is 19.4 Å². The topological polar surface area (TPSA) is 55.8 Å². The Morgan fingerprint density at radius 3 is 2.85 bits per heavy atom. The van der Waals surface area contributed by atoms with Crippen molar-refractivity contribution in [2.75, 3.05) is 7.11 Å². The maximum atomic E-state index is 12.0. The Morgan fingerprint density at radius 1 is 1.25 bits per heavy atom. The number of benzene rings is 2. The number of aromatic hydroxyl groups is 1. The van der Waals surface area contributed by atoms with E-state index >= 15 is 0 Å². The third kappa shape index (κ3) is 2.09. The van der Waals surface area contributed by atoms with Crippen molar-refractivity contribution in [2.24, 2.45) is 0 Å². The van der Waals surface area contributed by atoms with E-state index in [1.807, 2.05) is 18.2 Å². The van der Waals surface area contributed by atoms with E-state index in [9.17, 15) is 9.90 Å². The van der Waals surface area contributed by atoms with Crippen LogP contribution in [0.1, 0.15) is 27.6 Å². The maximum Gasteiger partial charge on any atom is 0.339 e. The van der Waals surface area contributed by atoms with Crippen molar-refractivity contribution in [3.63, 3.8) is 0 Å². The molecule has 1 N–H and O–H groups in total. The smallest absolute Gasteiger partial charge is 0.339 e. The Labute approximate surface area is 116 Å². The lowest BCUT2D eigenvalue weighted by Crippen LogP contribution is -2.21. The molecule has 0 amide bonds. The van der Waals surface area contributed by atoms with Crippen molar-refractivity contribution in [3.8, 4) is 11.5 Å². The quantitative estimate of drug-likeness (QED) is 0.852. The number of hydrogen-bond acceptors (Lipinski definition) is 4. The molecular formula is C16H14O4. The highest BCUT2D eigenvalue weighted by molar-refractivity contribution is 5.92. The van der Waals surface area contributed by atoms with E-state index in [1.165, 1.54) is 7.11 Å². The Morgan fingerprint density at radius 2 is 2.05 bits per heavy atom. The van der Waals surface area contributed by atoms with Crippen LogP contribution in [-0.4, -0.2) is 18.2 Å². The first-order valence-electron chi connectivity index (χ1n) is 6.35. The zero-order valence-corrected chi connectivity index (χ0v) is 11.0. The summed E-state index contributed by atoms with van der Waals surface area (Å²) in [6.45, 7) is 0. The Kier molecular flexibility index (Phi) is 3.06. The summed E-state index contributed by atoms with van der Waals surface area (Å²) in [6.07, 6.45) is 0.266. The average molecular weight is 270 g/mol. The largest absolute Gasteiger partial charge is 0.504 e. The number of phenols is 1. The number of methoxy groups -OCH3 is 1. The molecule has 0 fully saturated rings. The lowest BCUT2D eigenvalue weighted by molar-refractivity contribution is 0.0252. The van der Waals surface area contributed by atoms with Gasteiger partial charge in [-0.15, -0.1) is 0 Å². The van der Waals surface area contributed by atoms with Gasteiger partial charge in [0.2, 0.25) is 0 Å². The first kappa shape index (κ1) is 12.5. The fraction of sp³-hybridized carbons (Fsp3) is 0.188. The fourth-order valence-electron chi connectivity index (χ4n) is 2.41. The number of carbonyl (C=O) groups is 1. The third-order valence-corrected chi connectivity index (χ3v) is 3.47. The van der Waals surface area contributed by atoms with Crippen LogP contribution in [0.4, 0.5) is 0 Å². The molecule has 2 aromatic carbocycles. The minimum absolute atomic E-state index is 0.0683. The Balaban J connectivity index is 1.95. The van der Waals surface area contributed by atoms with E-state index in [0.29, 0.717) is 17.7 Å². The second-order valence-corrected chi connectivity index (χ2v) is 4.69. The first-order valence-corrected chi connectivity index (χ1v) is 6.35. The lowest BCUT2D eigenvalue weighted by Gasteiger charge is -2.25. The second-order valence-electron chi connectivity index (χ2n) is 4.69. The van der Waals surface area contributed by atoms with E-state index in [0.717, 1.165) is 11.1 Å². The van der Waals surface area contributed by atoms with Crippen LogP contribution in [0.15, 0.2) is 42.5 Å². The minimum atomic E-state index is -0.355. The van der Waals surface area contributed by atoms with Gasteiger partial charge in [0, 0.05) is 6.42 Å². The summed E-state index contributed by atoms with van der Waals surface area (Å²) in [4.78, 5) is 12.0. The maximum absolute atomic E-state index is 12.0. The number of fused-ring (bicyclic) bond motifs is 1. The van der Waals surface area contributed by atoms with Crippen LogP contribution in [0.25, 0.3) is 0 Å². The molecule has 0 aliphatic carbocycles. The summed E-state index contributed by atoms with van der Waals surface area (Å²) in [5.41, 5.74) is 2.40. The van der Waals surface area contributed by atoms with E-state index in [2.05, 4.69) is 0 Å². The number of rotatable bonds is 2. The number of ether oxygens (including phenoxy) is 2. The van der Waals surface area contributed by atoms with Crippen LogP contribution < -0.4 is 4.74 Å². The Bertz CT molecular complexity index is 663. The third-order valence-electron chi connectivity index (χ3n) is 3.47. The van der Waals surface area contributed by atoms with Gasteiger partial charge in [0.1, 0.15) is 6.10 Å². The minimum Gasteiger partial charge on any atom is -0.504 e. The van der Waals surface area contributed by atoms with Gasteiger partial charge in [-0.2, -0.15) is 0 Å². The molecule has 0 spiro atoms. The first-order chi connectivity index (χ1) is 9.69. The number of hydrogen-bond donors (Lipinski definition) is 1. The lowest BCUT2D eigenvalue weighted by atomic mass is 9.94. The van der Waals surface area contributed by atoms with Crippen LogP contribution in [0.3, 0.4) is 0 Å². The summed E-state index contributed by atoms with van der Waals surface area (Å²) in [6, 6.07) is 12.4. The number of carbonyl (C=O) groups excluding carboxylic acids is 1. The highest BCUT2D eigenvalue weighted by Gasteiger charge is 2.27. The molecule has 0 radical (unpaired) electrons. The normalized spacial score (nSPS) is 17.2. The van der Waals surface area contributed by atoms with Crippen molar-refractivity contribution in [1.29, 1.82) is 0 Å². The summed E-state index contributed by atoms with van der Waals surface area (Å²) in [7, 11) is 1.49. The molecular weight excluding hydrogens is 256 g/mol. The SMILES string of the molecule is COc1cc(C2Cc3ccccc3C(=O)O2)ccc1O. The molecule has 102 valence electrons. The molecule has 0 bridgehead atoms. The van der Waals surface area contributed by atoms with Gasteiger partial charge in [0.05, 0.1) is 12.7 Å². The van der Waals surface area contributed by atoms with Gasteiger partial charge < -0.3 is 14.6 Å².